The molecule has 0 aromatic carbocycles. The summed E-state index contributed by atoms with van der Waals surface area (Å²) < 4.78 is 5.34. The van der Waals surface area contributed by atoms with Crippen molar-refractivity contribution in [3.63, 3.8) is 0 Å². The fourth-order valence-corrected chi connectivity index (χ4v) is 3.17. The van der Waals surface area contributed by atoms with E-state index in [0.717, 1.165) is 57.0 Å². The van der Waals surface area contributed by atoms with Crippen LogP contribution in [0.15, 0.2) is 12.1 Å². The van der Waals surface area contributed by atoms with E-state index >= 15 is 0 Å². The molecule has 2 N–H and O–H groups in total. The lowest BCUT2D eigenvalue weighted by molar-refractivity contribution is 0.0526. The molecule has 6 nitrogen and oxygen atoms in total. The predicted molar refractivity (Wildman–Crippen MR) is 89.8 cm³/mol. The zero-order valence-corrected chi connectivity index (χ0v) is 13.8. The highest BCUT2D eigenvalue weighted by Gasteiger charge is 2.22. The van der Waals surface area contributed by atoms with Crippen LogP contribution in [0.3, 0.4) is 0 Å². The number of aromatic nitrogens is 1. The number of nitrogens with one attached hydrogen (secondary N) is 2. The lowest BCUT2D eigenvalue weighted by atomic mass is 10.1. The Morgan fingerprint density at radius 1 is 1.43 bits per heavy atom. The van der Waals surface area contributed by atoms with Crippen LogP contribution in [0.25, 0.3) is 0 Å². The minimum Gasteiger partial charge on any atom is -0.381 e. The van der Waals surface area contributed by atoms with Crippen molar-refractivity contribution in [2.24, 2.45) is 0 Å². The topological polar surface area (TPSA) is 66.5 Å². The maximum Gasteiger partial charge on any atom is 0.317 e. The standard InChI is InChI=1S/C17H26N4O2/c1-21(15-7-11-23-12-8-15)17(22)19-10-6-14-5-4-13-3-2-9-18-16(13)20-14/h4-5,15H,2-3,6-12H2,1H3,(H,18,20)(H,19,22). The van der Waals surface area contributed by atoms with Crippen LogP contribution in [-0.2, 0) is 17.6 Å². The van der Waals surface area contributed by atoms with Crippen LogP contribution in [0.4, 0.5) is 10.6 Å². The van der Waals surface area contributed by atoms with Crippen molar-refractivity contribution in [1.82, 2.24) is 15.2 Å². The molecule has 0 radical (unpaired) electrons. The number of carbonyl (C=O) groups excluding carboxylic acids is 1. The van der Waals surface area contributed by atoms with Gasteiger partial charge in [-0.3, -0.25) is 0 Å². The molecule has 0 bridgehead atoms. The molecule has 0 atom stereocenters. The largest absolute Gasteiger partial charge is 0.381 e. The molecule has 6 heteroatoms. The number of anilines is 1. The Balaban J connectivity index is 1.46. The Bertz CT molecular complexity index is 543. The average Bonchev–Trinajstić information content (AvgIpc) is 2.61. The third-order valence-electron chi connectivity index (χ3n) is 4.67. The van der Waals surface area contributed by atoms with E-state index in [9.17, 15) is 4.79 Å². The summed E-state index contributed by atoms with van der Waals surface area (Å²) in [6.45, 7) is 3.09. The fourth-order valence-electron chi connectivity index (χ4n) is 3.17. The van der Waals surface area contributed by atoms with E-state index in [0.29, 0.717) is 6.54 Å². The van der Waals surface area contributed by atoms with Gasteiger partial charge in [0.1, 0.15) is 5.82 Å². The first-order valence-electron chi connectivity index (χ1n) is 8.55. The molecule has 0 spiro atoms. The maximum atomic E-state index is 12.2. The molecule has 23 heavy (non-hydrogen) atoms. The number of pyridine rings is 1. The summed E-state index contributed by atoms with van der Waals surface area (Å²) in [6.07, 6.45) is 4.86. The smallest absolute Gasteiger partial charge is 0.317 e. The number of carbonyl (C=O) groups is 1. The van der Waals surface area contributed by atoms with E-state index in [1.54, 1.807) is 0 Å². The summed E-state index contributed by atoms with van der Waals surface area (Å²) >= 11 is 0. The highest BCUT2D eigenvalue weighted by atomic mass is 16.5. The van der Waals surface area contributed by atoms with Crippen LogP contribution in [0.2, 0.25) is 0 Å². The number of nitrogens with zero attached hydrogens (tertiary/aromatic N) is 2. The minimum atomic E-state index is -0.00650. The van der Waals surface area contributed by atoms with Crippen LogP contribution in [0, 0.1) is 0 Å². The van der Waals surface area contributed by atoms with Crippen LogP contribution >= 0.6 is 0 Å². The van der Waals surface area contributed by atoms with Crippen LogP contribution in [-0.4, -0.2) is 55.3 Å². The Kier molecular flexibility index (Phi) is 5.33. The molecule has 2 aliphatic rings. The van der Waals surface area contributed by atoms with Crippen molar-refractivity contribution in [1.29, 1.82) is 0 Å². The molecule has 0 aliphatic carbocycles. The lowest BCUT2D eigenvalue weighted by Gasteiger charge is -2.31. The van der Waals surface area contributed by atoms with Gasteiger partial charge in [0.05, 0.1) is 0 Å². The van der Waals surface area contributed by atoms with Crippen molar-refractivity contribution in [3.8, 4) is 0 Å². The van der Waals surface area contributed by atoms with E-state index in [1.807, 2.05) is 11.9 Å². The number of aryl methyl sites for hydroxylation is 1. The van der Waals surface area contributed by atoms with Gasteiger partial charge in [0.2, 0.25) is 0 Å². The Hall–Kier alpha value is -1.82. The van der Waals surface area contributed by atoms with Gasteiger partial charge in [0.15, 0.2) is 0 Å². The van der Waals surface area contributed by atoms with Gasteiger partial charge in [0.25, 0.3) is 0 Å². The summed E-state index contributed by atoms with van der Waals surface area (Å²) in [5, 5.41) is 6.34. The van der Waals surface area contributed by atoms with Crippen molar-refractivity contribution in [2.45, 2.75) is 38.1 Å². The van der Waals surface area contributed by atoms with E-state index < -0.39 is 0 Å². The summed E-state index contributed by atoms with van der Waals surface area (Å²) in [4.78, 5) is 18.7. The summed E-state index contributed by atoms with van der Waals surface area (Å²) in [7, 11) is 1.87. The second-order valence-electron chi connectivity index (χ2n) is 6.28. The van der Waals surface area contributed by atoms with Crippen molar-refractivity contribution in [3.05, 3.63) is 23.4 Å². The van der Waals surface area contributed by atoms with E-state index in [1.165, 1.54) is 12.0 Å². The van der Waals surface area contributed by atoms with Gasteiger partial charge in [-0.05, 0) is 37.3 Å². The third kappa shape index (κ3) is 4.13. The molecule has 0 saturated carbocycles. The predicted octanol–water partition coefficient (Wildman–Crippen LogP) is 1.80. The van der Waals surface area contributed by atoms with Crippen molar-refractivity contribution in [2.75, 3.05) is 38.7 Å². The third-order valence-corrected chi connectivity index (χ3v) is 4.67. The monoisotopic (exact) mass is 318 g/mol. The molecule has 1 fully saturated rings. The number of fused-ring (bicyclic) bond motifs is 1. The number of ether oxygens (including phenoxy) is 1. The summed E-state index contributed by atoms with van der Waals surface area (Å²) in [5.41, 5.74) is 2.32. The van der Waals surface area contributed by atoms with Crippen LogP contribution in [0.5, 0.6) is 0 Å². The molecule has 2 amide bonds. The lowest BCUT2D eigenvalue weighted by Crippen LogP contribution is -2.46. The molecule has 1 aromatic rings. The molecule has 0 unspecified atom stereocenters. The molecule has 1 saturated heterocycles. The van der Waals surface area contributed by atoms with Gasteiger partial charge in [0, 0.05) is 51.5 Å². The zero-order chi connectivity index (χ0) is 16.1. The first kappa shape index (κ1) is 16.1. The fraction of sp³-hybridized carbons (Fsp3) is 0.647. The Labute approximate surface area is 137 Å². The molecule has 126 valence electrons. The number of hydrogen-bond donors (Lipinski definition) is 2. The van der Waals surface area contributed by atoms with Gasteiger partial charge < -0.3 is 20.3 Å². The SMILES string of the molecule is CN(C(=O)NCCc1ccc2c(n1)NCCC2)C1CCOCC1. The molecular weight excluding hydrogens is 292 g/mol. The molecule has 3 heterocycles. The zero-order valence-electron chi connectivity index (χ0n) is 13.8. The minimum absolute atomic E-state index is 0.00650. The number of rotatable bonds is 4. The van der Waals surface area contributed by atoms with Crippen molar-refractivity contribution < 1.29 is 9.53 Å². The van der Waals surface area contributed by atoms with Gasteiger partial charge in [-0.2, -0.15) is 0 Å². The average molecular weight is 318 g/mol. The van der Waals surface area contributed by atoms with Crippen LogP contribution in [0.1, 0.15) is 30.5 Å². The Morgan fingerprint density at radius 3 is 3.09 bits per heavy atom. The second-order valence-corrected chi connectivity index (χ2v) is 6.28. The number of hydrogen-bond acceptors (Lipinski definition) is 4. The number of urea groups is 1. The molecule has 2 aliphatic heterocycles. The first-order valence-corrected chi connectivity index (χ1v) is 8.55. The summed E-state index contributed by atoms with van der Waals surface area (Å²) in [6, 6.07) is 4.50. The quantitative estimate of drug-likeness (QED) is 0.888. The van der Waals surface area contributed by atoms with Gasteiger partial charge in [-0.1, -0.05) is 6.07 Å². The molecule has 1 aromatic heterocycles. The van der Waals surface area contributed by atoms with Gasteiger partial charge in [-0.25, -0.2) is 9.78 Å². The normalized spacial score (nSPS) is 18.0. The van der Waals surface area contributed by atoms with Gasteiger partial charge in [-0.15, -0.1) is 0 Å². The maximum absolute atomic E-state index is 12.2. The van der Waals surface area contributed by atoms with E-state index in [4.69, 9.17) is 4.74 Å². The first-order chi connectivity index (χ1) is 11.2. The highest BCUT2D eigenvalue weighted by Crippen LogP contribution is 2.19. The molecular formula is C17H26N4O2. The van der Waals surface area contributed by atoms with Gasteiger partial charge >= 0.3 is 6.03 Å². The second kappa shape index (κ2) is 7.64. The number of amides is 2. The van der Waals surface area contributed by atoms with Crippen molar-refractivity contribution >= 4 is 11.8 Å². The summed E-state index contributed by atoms with van der Waals surface area (Å²) in [5.74, 6) is 1.01. The van der Waals surface area contributed by atoms with Crippen LogP contribution < -0.4 is 10.6 Å². The Morgan fingerprint density at radius 2 is 2.26 bits per heavy atom. The van der Waals surface area contributed by atoms with E-state index in [-0.39, 0.29) is 12.1 Å². The molecule has 3 rings (SSSR count). The van der Waals surface area contributed by atoms with E-state index in [2.05, 4.69) is 27.8 Å². The highest BCUT2D eigenvalue weighted by molar-refractivity contribution is 5.74.